The predicted molar refractivity (Wildman–Crippen MR) is 252 cm³/mol. The fourth-order valence-electron chi connectivity index (χ4n) is 8.46. The van der Waals surface area contributed by atoms with Crippen molar-refractivity contribution in [1.29, 1.82) is 0 Å². The summed E-state index contributed by atoms with van der Waals surface area (Å²) in [4.78, 5) is 0. The van der Waals surface area contributed by atoms with Crippen LogP contribution < -0.4 is 5.32 Å². The summed E-state index contributed by atoms with van der Waals surface area (Å²) in [6.07, 6.45) is 26.0. The van der Waals surface area contributed by atoms with Gasteiger partial charge in [0.1, 0.15) is 0 Å². The molecule has 1 N–H and O–H groups in total. The fraction of sp³-hybridized carbons (Fsp3) is 0.333. The van der Waals surface area contributed by atoms with E-state index in [9.17, 15) is 0 Å². The van der Waals surface area contributed by atoms with Crippen molar-refractivity contribution < 1.29 is 0 Å². The van der Waals surface area contributed by atoms with Gasteiger partial charge in [-0.15, -0.1) is 0 Å². The highest BCUT2D eigenvalue weighted by Gasteiger charge is 2.37. The van der Waals surface area contributed by atoms with Gasteiger partial charge < -0.3 is 5.32 Å². The van der Waals surface area contributed by atoms with E-state index in [0.29, 0.717) is 12.0 Å². The molecule has 3 aliphatic carbocycles. The van der Waals surface area contributed by atoms with Crippen LogP contribution in [0.4, 0.5) is 0 Å². The normalized spacial score (nSPS) is 20.1. The molecule has 2 atom stereocenters. The van der Waals surface area contributed by atoms with Crippen LogP contribution in [0.15, 0.2) is 180 Å². The zero-order chi connectivity index (χ0) is 38.9. The van der Waals surface area contributed by atoms with Gasteiger partial charge in [-0.25, -0.2) is 0 Å². The van der Waals surface area contributed by atoms with Crippen LogP contribution in [-0.4, -0.2) is 12.6 Å². The summed E-state index contributed by atoms with van der Waals surface area (Å²) in [5, 5.41) is 3.79. The van der Waals surface area contributed by atoms with Gasteiger partial charge in [-0.3, -0.25) is 0 Å². The molecular formula is C54H67NS. The van der Waals surface area contributed by atoms with Crippen molar-refractivity contribution in [2.24, 2.45) is 5.41 Å². The van der Waals surface area contributed by atoms with Gasteiger partial charge in [-0.1, -0.05) is 198 Å². The van der Waals surface area contributed by atoms with Gasteiger partial charge >= 0.3 is 0 Å². The minimum Gasteiger partial charge on any atom is -0.310 e. The van der Waals surface area contributed by atoms with Crippen LogP contribution in [0.3, 0.4) is 0 Å². The third kappa shape index (κ3) is 11.8. The number of hydrogen-bond acceptors (Lipinski definition) is 1. The van der Waals surface area contributed by atoms with E-state index in [2.05, 4.69) is 191 Å². The number of nitrogens with one attached hydrogen (secondary N) is 1. The molecule has 0 spiro atoms. The summed E-state index contributed by atoms with van der Waals surface area (Å²) in [5.74, 6) is 0.681. The molecule has 0 radical (unpaired) electrons. The van der Waals surface area contributed by atoms with Crippen molar-refractivity contribution in [2.75, 3.05) is 6.54 Å². The van der Waals surface area contributed by atoms with E-state index < -0.39 is 0 Å². The third-order valence-electron chi connectivity index (χ3n) is 11.4. The molecule has 0 bridgehead atoms. The molecule has 1 nitrogen and oxygen atoms in total. The first kappa shape index (κ1) is 44.3. The van der Waals surface area contributed by atoms with E-state index >= 15 is 0 Å². The highest BCUT2D eigenvalue weighted by atomic mass is 32.1. The van der Waals surface area contributed by atoms with Crippen LogP contribution in [-0.2, 0) is 6.42 Å². The summed E-state index contributed by atoms with van der Waals surface area (Å²) in [6, 6.07) is 41.8. The Bertz CT molecular complexity index is 1940. The van der Waals surface area contributed by atoms with E-state index in [0.717, 1.165) is 32.2 Å². The average molecular weight is 762 g/mol. The van der Waals surface area contributed by atoms with Gasteiger partial charge in [0.15, 0.2) is 0 Å². The van der Waals surface area contributed by atoms with Crippen molar-refractivity contribution >= 4 is 19.1 Å². The lowest BCUT2D eigenvalue weighted by Crippen LogP contribution is -2.30. The lowest BCUT2D eigenvalue weighted by Gasteiger charge is -2.25. The first-order valence-electron chi connectivity index (χ1n) is 21.1. The lowest BCUT2D eigenvalue weighted by atomic mass is 9.79. The van der Waals surface area contributed by atoms with Crippen molar-refractivity contribution in [3.63, 3.8) is 0 Å². The number of hydrogen-bond donors (Lipinski definition) is 1. The maximum Gasteiger partial charge on any atom is 0.0140 e. The number of rotatable bonds is 10. The molecule has 0 aliphatic heterocycles. The Labute approximate surface area is 347 Å². The van der Waals surface area contributed by atoms with E-state index in [1.54, 1.807) is 5.57 Å². The molecule has 0 aromatic heterocycles. The molecule has 2 unspecified atom stereocenters. The van der Waals surface area contributed by atoms with Crippen molar-refractivity contribution in [2.45, 2.75) is 105 Å². The zero-order valence-electron chi connectivity index (χ0n) is 35.0. The van der Waals surface area contributed by atoms with E-state index in [-0.39, 0.29) is 18.9 Å². The van der Waals surface area contributed by atoms with Gasteiger partial charge in [0.2, 0.25) is 0 Å². The molecular weight excluding hydrogens is 695 g/mol. The second kappa shape index (κ2) is 23.0. The quantitative estimate of drug-likeness (QED) is 0.159. The van der Waals surface area contributed by atoms with Gasteiger partial charge in [0.25, 0.3) is 0 Å². The Morgan fingerprint density at radius 2 is 1.39 bits per heavy atom. The minimum atomic E-state index is 0. The first-order chi connectivity index (χ1) is 27.0. The van der Waals surface area contributed by atoms with Crippen LogP contribution in [0, 0.1) is 5.41 Å². The summed E-state index contributed by atoms with van der Waals surface area (Å²) in [7, 11) is 0. The van der Waals surface area contributed by atoms with Gasteiger partial charge in [0, 0.05) is 23.9 Å². The second-order valence-corrected chi connectivity index (χ2v) is 15.2. The predicted octanol–water partition coefficient (Wildman–Crippen LogP) is 14.9. The Balaban J connectivity index is 0.000000391. The van der Waals surface area contributed by atoms with Crippen LogP contribution in [0.25, 0.3) is 16.7 Å². The van der Waals surface area contributed by atoms with Crippen LogP contribution in [0.1, 0.15) is 109 Å². The molecule has 0 saturated heterocycles. The molecule has 2 heteroatoms. The molecule has 56 heavy (non-hydrogen) atoms. The van der Waals surface area contributed by atoms with Gasteiger partial charge in [0.05, 0.1) is 0 Å². The largest absolute Gasteiger partial charge is 0.310 e. The molecule has 294 valence electrons. The highest BCUT2D eigenvalue weighted by molar-refractivity contribution is 7.59. The van der Waals surface area contributed by atoms with E-state index in [1.165, 1.54) is 75.8 Å². The Morgan fingerprint density at radius 1 is 0.768 bits per heavy atom. The SMILES string of the molecule is C/C=C1/C(/C=C\CNC2CC=C(c3ccccc3)CC2)=C(CC)C(C)(C)/C1=C/Cc1ccc(-c2ccccc2)cc1.C1=CC(c2ccccc2)CCC1.CC.S. The molecule has 0 fully saturated rings. The smallest absolute Gasteiger partial charge is 0.0140 e. The van der Waals surface area contributed by atoms with E-state index in [1.807, 2.05) is 13.8 Å². The number of allylic oxidation sites excluding steroid dienone is 10. The molecule has 0 amide bonds. The summed E-state index contributed by atoms with van der Waals surface area (Å²) < 4.78 is 0. The maximum absolute atomic E-state index is 3.79. The molecule has 7 rings (SSSR count). The Morgan fingerprint density at radius 3 is 1.96 bits per heavy atom. The average Bonchev–Trinajstić information content (AvgIpc) is 3.47. The zero-order valence-corrected chi connectivity index (χ0v) is 36.0. The van der Waals surface area contributed by atoms with E-state index in [4.69, 9.17) is 0 Å². The topological polar surface area (TPSA) is 12.0 Å². The van der Waals surface area contributed by atoms with Crippen LogP contribution in [0.5, 0.6) is 0 Å². The molecule has 0 saturated carbocycles. The number of benzene rings is 4. The first-order valence-corrected chi connectivity index (χ1v) is 21.1. The summed E-state index contributed by atoms with van der Waals surface area (Å²) in [6.45, 7) is 14.2. The van der Waals surface area contributed by atoms with Crippen molar-refractivity contribution in [1.82, 2.24) is 5.32 Å². The second-order valence-electron chi connectivity index (χ2n) is 15.2. The molecule has 3 aliphatic rings. The highest BCUT2D eigenvalue weighted by Crippen LogP contribution is 2.51. The van der Waals surface area contributed by atoms with Gasteiger partial charge in [-0.2, -0.15) is 13.5 Å². The van der Waals surface area contributed by atoms with Crippen LogP contribution in [0.2, 0.25) is 0 Å². The van der Waals surface area contributed by atoms with Crippen molar-refractivity contribution in [3.05, 3.63) is 197 Å². The van der Waals surface area contributed by atoms with Crippen LogP contribution >= 0.6 is 13.5 Å². The Kier molecular flexibility index (Phi) is 18.2. The molecule has 0 heterocycles. The summed E-state index contributed by atoms with van der Waals surface area (Å²) >= 11 is 0. The maximum atomic E-state index is 3.79. The van der Waals surface area contributed by atoms with Crippen molar-refractivity contribution in [3.8, 4) is 11.1 Å². The monoisotopic (exact) mass is 761 g/mol. The Hall–Kier alpha value is -4.37. The summed E-state index contributed by atoms with van der Waals surface area (Å²) in [5.41, 5.74) is 14.1. The molecule has 4 aromatic rings. The standard InChI is InChI=1S/C40H45N.C12H14.C2H6.H2S/c1-5-36-37(18-13-29-41-35-26-24-34(25-27-35)32-16-11-8-12-17-32)38(6-2)40(3,4)39(36)28-21-30-19-22-33(23-20-30)31-14-9-7-10-15-31;1-3-7-11(8-4-1)12-9-5-2-6-10-12;1-2;/h5,7-20,22-24,28,35,41H,6,21,25-27,29H2,1-4H3;1,3-5,7-9,12H,2,6,10H2;1-2H3;1H2/b18-13-,36-5-,39-28+;;;. The molecule has 4 aromatic carbocycles. The minimum absolute atomic E-state index is 0. The third-order valence-corrected chi connectivity index (χ3v) is 11.4. The van der Waals surface area contributed by atoms with Gasteiger partial charge in [-0.05, 0) is 108 Å². The lowest BCUT2D eigenvalue weighted by molar-refractivity contribution is 0.503. The fourth-order valence-corrected chi connectivity index (χ4v) is 8.46.